The summed E-state index contributed by atoms with van der Waals surface area (Å²) in [5.74, 6) is 0. The minimum atomic E-state index is -1.04. The Morgan fingerprint density at radius 3 is 1.14 bits per heavy atom. The van der Waals surface area contributed by atoms with E-state index in [-0.39, 0.29) is 7.55 Å². The van der Waals surface area contributed by atoms with Crippen molar-refractivity contribution in [2.75, 3.05) is 0 Å². The summed E-state index contributed by atoms with van der Waals surface area (Å²) in [6, 6.07) is 0. The van der Waals surface area contributed by atoms with Gasteiger partial charge in [0.25, 0.3) is 0 Å². The van der Waals surface area contributed by atoms with E-state index >= 15 is 0 Å². The molecular formula is C12H28PSi+. The highest BCUT2D eigenvalue weighted by Gasteiger charge is 2.40. The van der Waals surface area contributed by atoms with Gasteiger partial charge in [0.05, 0.1) is 13.0 Å². The molecule has 0 aromatic carbocycles. The van der Waals surface area contributed by atoms with Crippen LogP contribution in [0.2, 0.25) is 19.6 Å². The largest absolute Gasteiger partial charge is 0.122 e. The molecule has 0 N–H and O–H groups in total. The Morgan fingerprint density at radius 2 is 1.07 bits per heavy atom. The van der Waals surface area contributed by atoms with Crippen LogP contribution in [0, 0.1) is 0 Å². The van der Waals surface area contributed by atoms with Crippen LogP contribution in [0.3, 0.4) is 0 Å². The SMILES string of the molecule is CC(C)(C)[P+](=C[Si](C)(C)C)C(C)(C)C. The zero-order chi connectivity index (χ0) is 11.8. The third-order valence-electron chi connectivity index (χ3n) is 1.96. The molecule has 0 saturated carbocycles. The molecule has 0 amide bonds. The summed E-state index contributed by atoms with van der Waals surface area (Å²) in [4.78, 5) is 0. The van der Waals surface area contributed by atoms with Gasteiger partial charge in [0.15, 0.2) is 0 Å². The fourth-order valence-electron chi connectivity index (χ4n) is 1.78. The van der Waals surface area contributed by atoms with E-state index in [2.05, 4.69) is 66.6 Å². The van der Waals surface area contributed by atoms with Crippen LogP contribution in [0.4, 0.5) is 0 Å². The maximum atomic E-state index is 2.72. The summed E-state index contributed by atoms with van der Waals surface area (Å²) in [7, 11) is -1.03. The van der Waals surface area contributed by atoms with E-state index in [1.807, 2.05) is 0 Å². The first-order valence-corrected chi connectivity index (χ1v) is 10.5. The molecule has 0 unspecified atom stereocenters. The first-order valence-electron chi connectivity index (χ1n) is 5.49. The molecule has 84 valence electrons. The van der Waals surface area contributed by atoms with Gasteiger partial charge in [-0.3, -0.25) is 0 Å². The van der Waals surface area contributed by atoms with E-state index in [9.17, 15) is 0 Å². The van der Waals surface area contributed by atoms with Gasteiger partial charge in [0.1, 0.15) is 18.4 Å². The highest BCUT2D eigenvalue weighted by Crippen LogP contribution is 2.50. The van der Waals surface area contributed by atoms with Gasteiger partial charge < -0.3 is 0 Å². The van der Waals surface area contributed by atoms with Gasteiger partial charge in [-0.15, -0.1) is 0 Å². The molecule has 2 heteroatoms. The first kappa shape index (κ1) is 14.4. The van der Waals surface area contributed by atoms with Crippen molar-refractivity contribution in [3.63, 3.8) is 0 Å². The topological polar surface area (TPSA) is 0 Å². The van der Waals surface area contributed by atoms with E-state index in [1.54, 1.807) is 0 Å². The van der Waals surface area contributed by atoms with E-state index in [1.165, 1.54) is 0 Å². The van der Waals surface area contributed by atoms with Crippen LogP contribution in [0.25, 0.3) is 0 Å². The molecule has 0 bridgehead atoms. The quantitative estimate of drug-likeness (QED) is 0.451. The van der Waals surface area contributed by atoms with Crippen molar-refractivity contribution in [3.8, 4) is 0 Å². The molecule has 0 saturated heterocycles. The molecule has 0 rings (SSSR count). The number of hydrogen-bond donors (Lipinski definition) is 0. The van der Waals surface area contributed by atoms with Crippen molar-refractivity contribution >= 4 is 21.0 Å². The highest BCUT2D eigenvalue weighted by atomic mass is 31.1. The third kappa shape index (κ3) is 5.31. The summed E-state index contributed by atoms with van der Waals surface area (Å²) in [5, 5.41) is 0.904. The van der Waals surface area contributed by atoms with Gasteiger partial charge in [0.2, 0.25) is 0 Å². The van der Waals surface area contributed by atoms with Gasteiger partial charge in [-0.2, -0.15) is 0 Å². The second kappa shape index (κ2) is 4.10. The Bertz CT molecular complexity index is 204. The molecular weight excluding hydrogens is 203 g/mol. The Labute approximate surface area is 92.9 Å². The highest BCUT2D eigenvalue weighted by molar-refractivity contribution is 7.65. The Hall–Kier alpha value is 0.387. The number of hydrogen-bond acceptors (Lipinski definition) is 0. The summed E-state index contributed by atoms with van der Waals surface area (Å²) in [5.41, 5.74) is 2.72. The van der Waals surface area contributed by atoms with Crippen LogP contribution in [-0.4, -0.2) is 23.8 Å². The molecule has 0 nitrogen and oxygen atoms in total. The summed E-state index contributed by atoms with van der Waals surface area (Å²) >= 11 is 0. The predicted molar refractivity (Wildman–Crippen MR) is 75.8 cm³/mol. The monoisotopic (exact) mass is 231 g/mol. The van der Waals surface area contributed by atoms with Crippen LogP contribution in [0.1, 0.15) is 41.5 Å². The molecule has 0 heterocycles. The molecule has 0 atom stereocenters. The molecule has 0 aliphatic heterocycles. The Balaban J connectivity index is 5.26. The fourth-order valence-corrected chi connectivity index (χ4v) is 9.99. The van der Waals surface area contributed by atoms with Crippen molar-refractivity contribution in [1.29, 1.82) is 0 Å². The fraction of sp³-hybridized carbons (Fsp3) is 0.917. The zero-order valence-corrected chi connectivity index (χ0v) is 13.4. The van der Waals surface area contributed by atoms with Crippen molar-refractivity contribution in [2.24, 2.45) is 0 Å². The van der Waals surface area contributed by atoms with Crippen LogP contribution in [-0.2, 0) is 0 Å². The molecule has 0 aliphatic rings. The lowest BCUT2D eigenvalue weighted by Gasteiger charge is -2.25. The maximum Gasteiger partial charge on any atom is 0.122 e. The maximum absolute atomic E-state index is 2.72. The summed E-state index contributed by atoms with van der Waals surface area (Å²) in [6.45, 7) is 21.7. The third-order valence-corrected chi connectivity index (χ3v) is 8.98. The lowest BCUT2D eigenvalue weighted by Crippen LogP contribution is -2.29. The molecule has 0 aromatic heterocycles. The van der Waals surface area contributed by atoms with E-state index in [4.69, 9.17) is 0 Å². The standard InChI is InChI=1S/C12H28PSi/c1-11(2,3)13(12(4,5)6)10-14(7,8)9/h10H,1-9H3/q+1. The van der Waals surface area contributed by atoms with Gasteiger partial charge in [-0.25, -0.2) is 0 Å². The van der Waals surface area contributed by atoms with Crippen molar-refractivity contribution in [1.82, 2.24) is 0 Å². The smallest absolute Gasteiger partial charge is 0.0627 e. The lowest BCUT2D eigenvalue weighted by molar-refractivity contribution is 0.721. The van der Waals surface area contributed by atoms with Crippen LogP contribution >= 0.6 is 7.55 Å². The summed E-state index contributed by atoms with van der Waals surface area (Å²) in [6.07, 6.45) is 0. The molecule has 14 heavy (non-hydrogen) atoms. The van der Waals surface area contributed by atoms with Crippen molar-refractivity contribution in [2.45, 2.75) is 71.5 Å². The second-order valence-electron chi connectivity index (χ2n) is 7.21. The van der Waals surface area contributed by atoms with Gasteiger partial charge in [0, 0.05) is 0 Å². The minimum absolute atomic E-state index is 0.00592. The molecule has 0 aromatic rings. The van der Waals surface area contributed by atoms with Crippen molar-refractivity contribution in [3.05, 3.63) is 0 Å². The normalized spacial score (nSPS) is 14.1. The molecule has 0 fully saturated rings. The van der Waals surface area contributed by atoms with E-state index < -0.39 is 8.07 Å². The zero-order valence-electron chi connectivity index (χ0n) is 11.5. The second-order valence-corrected chi connectivity index (χ2v) is 16.4. The van der Waals surface area contributed by atoms with Crippen LogP contribution in [0.5, 0.6) is 0 Å². The average Bonchev–Trinajstić information content (AvgIpc) is 1.75. The number of rotatable bonds is 1. The van der Waals surface area contributed by atoms with Crippen LogP contribution < -0.4 is 0 Å². The lowest BCUT2D eigenvalue weighted by atomic mass is 10.2. The Morgan fingerprint density at radius 1 is 0.786 bits per heavy atom. The molecule has 0 aliphatic carbocycles. The first-order chi connectivity index (χ1) is 5.84. The Kier molecular flexibility index (Phi) is 4.21. The summed E-state index contributed by atoms with van der Waals surface area (Å²) < 4.78 is 0. The van der Waals surface area contributed by atoms with Crippen molar-refractivity contribution < 1.29 is 0 Å². The predicted octanol–water partition coefficient (Wildman–Crippen LogP) is 4.74. The van der Waals surface area contributed by atoms with Gasteiger partial charge in [-0.1, -0.05) is 19.6 Å². The molecule has 0 radical (unpaired) electrons. The molecule has 0 spiro atoms. The van der Waals surface area contributed by atoms with E-state index in [0.717, 1.165) is 0 Å². The van der Waals surface area contributed by atoms with Gasteiger partial charge >= 0.3 is 0 Å². The average molecular weight is 231 g/mol. The van der Waals surface area contributed by atoms with E-state index in [0.29, 0.717) is 10.3 Å². The minimum Gasteiger partial charge on any atom is -0.0627 e. The van der Waals surface area contributed by atoms with Gasteiger partial charge in [-0.05, 0) is 41.5 Å². The van der Waals surface area contributed by atoms with Crippen LogP contribution in [0.15, 0.2) is 0 Å².